The van der Waals surface area contributed by atoms with Gasteiger partial charge in [0.15, 0.2) is 0 Å². The minimum Gasteiger partial charge on any atom is -0.131 e. The lowest BCUT2D eigenvalue weighted by Crippen LogP contribution is -1.71. The lowest BCUT2D eigenvalue weighted by atomic mass is 10.6. The standard InChI is InChI=1S/C4H5N/c1-2-3-4-5/h4H2,1H3. The molecule has 1 nitrogen and oxygen atoms in total. The number of hydrogen-bond acceptors (Lipinski definition) is 0. The molecule has 0 aliphatic rings. The minimum atomic E-state index is -0.0174. The SMILES string of the molecule is CC#CC[N]. The van der Waals surface area contributed by atoms with Gasteiger partial charge in [0.05, 0.1) is 6.54 Å². The third-order valence-electron chi connectivity index (χ3n) is 0.256. The van der Waals surface area contributed by atoms with Crippen LogP contribution in [0.1, 0.15) is 6.92 Å². The van der Waals surface area contributed by atoms with E-state index in [1.165, 1.54) is 0 Å². The van der Waals surface area contributed by atoms with Crippen molar-refractivity contribution >= 4 is 0 Å². The van der Waals surface area contributed by atoms with Gasteiger partial charge in [-0.25, -0.2) is 0 Å². The van der Waals surface area contributed by atoms with E-state index < -0.39 is 0 Å². The van der Waals surface area contributed by atoms with Crippen molar-refractivity contribution in [1.82, 2.24) is 5.73 Å². The molecule has 0 atom stereocenters. The van der Waals surface area contributed by atoms with E-state index in [1.54, 1.807) is 6.92 Å². The molecule has 0 N–H and O–H groups in total. The molecule has 2 radical (unpaired) electrons. The molecule has 0 bridgehead atoms. The monoisotopic (exact) mass is 67.0 g/mol. The Morgan fingerprint density at radius 1 is 1.80 bits per heavy atom. The van der Waals surface area contributed by atoms with Crippen LogP contribution in [0.25, 0.3) is 0 Å². The summed E-state index contributed by atoms with van der Waals surface area (Å²) in [5, 5.41) is 0. The second-order valence-corrected chi connectivity index (χ2v) is 0.585. The molecule has 5 heavy (non-hydrogen) atoms. The van der Waals surface area contributed by atoms with Crippen LogP contribution in [0.4, 0.5) is 0 Å². The summed E-state index contributed by atoms with van der Waals surface area (Å²) >= 11 is 0. The fourth-order valence-electron chi connectivity index (χ4n) is 0.0791. The van der Waals surface area contributed by atoms with Gasteiger partial charge in [-0.3, -0.25) is 0 Å². The Morgan fingerprint density at radius 2 is 2.40 bits per heavy atom. The molecule has 0 heterocycles. The highest BCUT2D eigenvalue weighted by atomic mass is 14.5. The van der Waals surface area contributed by atoms with Crippen molar-refractivity contribution in [1.29, 1.82) is 0 Å². The summed E-state index contributed by atoms with van der Waals surface area (Å²) in [6, 6.07) is 0. The van der Waals surface area contributed by atoms with Crippen molar-refractivity contribution in [3.8, 4) is 11.8 Å². The first kappa shape index (κ1) is 4.52. The maximum absolute atomic E-state index is 7.89. The number of hydrogen-bond donors (Lipinski definition) is 0. The molecule has 26 valence electrons. The Bertz CT molecular complexity index is 55.8. The van der Waals surface area contributed by atoms with Gasteiger partial charge in [0, 0.05) is 0 Å². The highest BCUT2D eigenvalue weighted by Gasteiger charge is 1.51. The smallest absolute Gasteiger partial charge is 0.0932 e. The Kier molecular flexibility index (Phi) is 3.18. The zero-order valence-electron chi connectivity index (χ0n) is 3.15. The lowest BCUT2D eigenvalue weighted by Gasteiger charge is -1.55. The van der Waals surface area contributed by atoms with Gasteiger partial charge in [0.1, 0.15) is 0 Å². The van der Waals surface area contributed by atoms with Gasteiger partial charge in [-0.05, 0) is 6.92 Å². The maximum Gasteiger partial charge on any atom is 0.0932 e. The first-order chi connectivity index (χ1) is 2.41. The van der Waals surface area contributed by atoms with Gasteiger partial charge < -0.3 is 0 Å². The highest BCUT2D eigenvalue weighted by Crippen LogP contribution is 1.43. The molecule has 0 aliphatic heterocycles. The third kappa shape index (κ3) is 3.52. The molecule has 0 saturated carbocycles. The topological polar surface area (TPSA) is 22.3 Å². The quantitative estimate of drug-likeness (QED) is 0.358. The van der Waals surface area contributed by atoms with Crippen LogP contribution in [0.15, 0.2) is 0 Å². The van der Waals surface area contributed by atoms with Crippen molar-refractivity contribution in [2.45, 2.75) is 6.92 Å². The average Bonchev–Trinajstić information content (AvgIpc) is 1.41. The van der Waals surface area contributed by atoms with Crippen molar-refractivity contribution in [3.63, 3.8) is 0 Å². The molecule has 0 fully saturated rings. The summed E-state index contributed by atoms with van der Waals surface area (Å²) in [6.07, 6.45) is 0. The Labute approximate surface area is 32.2 Å². The van der Waals surface area contributed by atoms with Crippen molar-refractivity contribution in [3.05, 3.63) is 0 Å². The summed E-state index contributed by atoms with van der Waals surface area (Å²) in [7, 11) is 0. The molecule has 0 aromatic rings. The van der Waals surface area contributed by atoms with Crippen LogP contribution in [0.2, 0.25) is 0 Å². The Hall–Kier alpha value is -0.480. The van der Waals surface area contributed by atoms with E-state index in [4.69, 9.17) is 5.73 Å². The summed E-state index contributed by atoms with van der Waals surface area (Å²) in [5.41, 5.74) is 7.89. The Balaban J connectivity index is 2.81. The van der Waals surface area contributed by atoms with E-state index in [0.717, 1.165) is 0 Å². The summed E-state index contributed by atoms with van der Waals surface area (Å²) < 4.78 is 0. The molecule has 1 heteroatoms. The molecule has 0 unspecified atom stereocenters. The van der Waals surface area contributed by atoms with Gasteiger partial charge in [-0.2, -0.15) is 0 Å². The zero-order chi connectivity index (χ0) is 4.12. The molecule has 0 aromatic heterocycles. The van der Waals surface area contributed by atoms with Crippen molar-refractivity contribution in [2.75, 3.05) is 6.54 Å². The van der Waals surface area contributed by atoms with Crippen molar-refractivity contribution in [2.24, 2.45) is 0 Å². The molecule has 0 amide bonds. The zero-order valence-corrected chi connectivity index (χ0v) is 3.15. The fraction of sp³-hybridized carbons (Fsp3) is 0.500. The van der Waals surface area contributed by atoms with Gasteiger partial charge in [0.25, 0.3) is 0 Å². The highest BCUT2D eigenvalue weighted by molar-refractivity contribution is 4.95. The van der Waals surface area contributed by atoms with E-state index in [9.17, 15) is 0 Å². The maximum atomic E-state index is 7.89. The minimum absolute atomic E-state index is 0.0174. The van der Waals surface area contributed by atoms with E-state index in [2.05, 4.69) is 11.8 Å². The predicted molar refractivity (Wildman–Crippen MR) is 20.5 cm³/mol. The molecule has 0 saturated heterocycles. The molecule has 0 aliphatic carbocycles. The Morgan fingerprint density at radius 3 is 2.40 bits per heavy atom. The second kappa shape index (κ2) is 3.52. The summed E-state index contributed by atoms with van der Waals surface area (Å²) in [4.78, 5) is 0. The summed E-state index contributed by atoms with van der Waals surface area (Å²) in [5.74, 6) is 4.93. The van der Waals surface area contributed by atoms with Crippen LogP contribution in [-0.4, -0.2) is 6.54 Å². The average molecular weight is 67.1 g/mol. The fourth-order valence-corrected chi connectivity index (χ4v) is 0.0791. The van der Waals surface area contributed by atoms with Gasteiger partial charge in [0.2, 0.25) is 0 Å². The van der Waals surface area contributed by atoms with E-state index >= 15 is 0 Å². The van der Waals surface area contributed by atoms with Crippen LogP contribution in [0.5, 0.6) is 0 Å². The largest absolute Gasteiger partial charge is 0.131 e. The van der Waals surface area contributed by atoms with Gasteiger partial charge in [-0.1, -0.05) is 5.92 Å². The van der Waals surface area contributed by atoms with Crippen molar-refractivity contribution < 1.29 is 0 Å². The molecule has 0 spiro atoms. The van der Waals surface area contributed by atoms with Crippen LogP contribution in [-0.2, 0) is 0 Å². The number of nitrogens with zero attached hydrogens (tertiary/aromatic N) is 1. The predicted octanol–water partition coefficient (Wildman–Crippen LogP) is 0.0784. The first-order valence-corrected chi connectivity index (χ1v) is 1.42. The molecular weight excluding hydrogens is 62.1 g/mol. The second-order valence-electron chi connectivity index (χ2n) is 0.585. The number of rotatable bonds is 0. The molecule has 0 aromatic carbocycles. The van der Waals surface area contributed by atoms with Crippen LogP contribution in [0.3, 0.4) is 0 Å². The third-order valence-corrected chi connectivity index (χ3v) is 0.256. The summed E-state index contributed by atoms with van der Waals surface area (Å²) in [6.45, 7) is 1.67. The molecule has 0 rings (SSSR count). The van der Waals surface area contributed by atoms with Crippen LogP contribution >= 0.6 is 0 Å². The lowest BCUT2D eigenvalue weighted by molar-refractivity contribution is 1.24. The van der Waals surface area contributed by atoms with Gasteiger partial charge in [-0.15, -0.1) is 11.7 Å². The van der Waals surface area contributed by atoms with E-state index in [-0.39, 0.29) is 6.54 Å². The van der Waals surface area contributed by atoms with Gasteiger partial charge >= 0.3 is 0 Å². The van der Waals surface area contributed by atoms with E-state index in [0.29, 0.717) is 0 Å². The van der Waals surface area contributed by atoms with Crippen LogP contribution in [0, 0.1) is 11.8 Å². The van der Waals surface area contributed by atoms with Crippen LogP contribution < -0.4 is 5.73 Å². The molecular formula is C4H5N. The normalized spacial score (nSPS) is 5.20. The first-order valence-electron chi connectivity index (χ1n) is 1.42. The van der Waals surface area contributed by atoms with E-state index in [1.807, 2.05) is 0 Å².